The van der Waals surface area contributed by atoms with E-state index in [1.54, 1.807) is 12.1 Å². The monoisotopic (exact) mass is 546 g/mol. The Bertz CT molecular complexity index is 1330. The van der Waals surface area contributed by atoms with Gasteiger partial charge in [0.1, 0.15) is 24.0 Å². The second-order valence-corrected chi connectivity index (χ2v) is 9.40. The molecule has 0 spiro atoms. The van der Waals surface area contributed by atoms with E-state index in [9.17, 15) is 24.0 Å². The highest BCUT2D eigenvalue weighted by molar-refractivity contribution is 5.82. The van der Waals surface area contributed by atoms with E-state index in [0.717, 1.165) is 51.0 Å². The highest BCUT2D eigenvalue weighted by atomic mass is 16.7. The maximum Gasteiger partial charge on any atom is 0.339 e. The summed E-state index contributed by atoms with van der Waals surface area (Å²) in [5, 5.41) is 0.790. The lowest BCUT2D eigenvalue weighted by Gasteiger charge is -2.43. The molecule has 2 aromatic rings. The van der Waals surface area contributed by atoms with Crippen molar-refractivity contribution in [3.8, 4) is 5.75 Å². The standard InChI is InChI=1S/C27H30O12/c1-13(28)33-12-22-23(34-14(2)29)24(35-15(3)30)25(36-16(4)31)27(39-22)37-17-9-10-19-18-7-5-6-8-20(18)26(32)38-21(19)11-17/h9-11,22-25,27H,5-8,12H2,1-4H3/t22-,23-,24+,25-,27-/m0/s1. The van der Waals surface area contributed by atoms with Crippen LogP contribution < -0.4 is 10.4 Å². The van der Waals surface area contributed by atoms with Gasteiger partial charge in [-0.15, -0.1) is 0 Å². The Morgan fingerprint density at radius 3 is 2.08 bits per heavy atom. The average molecular weight is 547 g/mol. The Hall–Kier alpha value is -3.93. The predicted octanol–water partition coefficient (Wildman–Crippen LogP) is 2.13. The molecule has 0 N–H and O–H groups in total. The van der Waals surface area contributed by atoms with Crippen molar-refractivity contribution in [1.82, 2.24) is 0 Å². The van der Waals surface area contributed by atoms with Crippen LogP contribution in [0.4, 0.5) is 0 Å². The SMILES string of the molecule is CC(=O)OC[C@@H]1O[C@H](Oc2ccc3c4c(c(=O)oc3c2)CCCC4)[C@@H](OC(C)=O)[C@H](OC(C)=O)[C@H]1OC(C)=O. The zero-order valence-corrected chi connectivity index (χ0v) is 22.1. The smallest absolute Gasteiger partial charge is 0.339 e. The second kappa shape index (κ2) is 11.9. The van der Waals surface area contributed by atoms with Crippen molar-refractivity contribution in [3.63, 3.8) is 0 Å². The Balaban J connectivity index is 1.71. The summed E-state index contributed by atoms with van der Waals surface area (Å²) in [6.07, 6.45) is -3.26. The normalized spacial score (nSPS) is 24.3. The van der Waals surface area contributed by atoms with Gasteiger partial charge < -0.3 is 32.8 Å². The Kier molecular flexibility index (Phi) is 8.54. The molecule has 0 amide bonds. The van der Waals surface area contributed by atoms with Gasteiger partial charge in [0.15, 0.2) is 12.2 Å². The first-order valence-electron chi connectivity index (χ1n) is 12.6. The maximum atomic E-state index is 12.6. The van der Waals surface area contributed by atoms with E-state index in [0.29, 0.717) is 17.6 Å². The molecule has 2 aliphatic rings. The van der Waals surface area contributed by atoms with Gasteiger partial charge in [-0.1, -0.05) is 0 Å². The second-order valence-electron chi connectivity index (χ2n) is 9.40. The molecule has 1 aliphatic carbocycles. The molecule has 0 saturated carbocycles. The van der Waals surface area contributed by atoms with E-state index in [4.69, 9.17) is 32.8 Å². The number of carbonyl (C=O) groups is 4. The van der Waals surface area contributed by atoms with E-state index < -0.39 is 60.2 Å². The number of rotatable bonds is 7. The molecule has 12 nitrogen and oxygen atoms in total. The van der Waals surface area contributed by atoms with Crippen molar-refractivity contribution in [3.05, 3.63) is 39.7 Å². The first-order valence-corrected chi connectivity index (χ1v) is 12.6. The van der Waals surface area contributed by atoms with Crippen LogP contribution in [0.15, 0.2) is 27.4 Å². The van der Waals surface area contributed by atoms with Crippen LogP contribution in [-0.4, -0.2) is 61.2 Å². The lowest BCUT2D eigenvalue weighted by molar-refractivity contribution is -0.288. The van der Waals surface area contributed by atoms with Crippen LogP contribution in [0.1, 0.15) is 51.7 Å². The Labute approximate surface area is 223 Å². The topological polar surface area (TPSA) is 154 Å². The van der Waals surface area contributed by atoms with Crippen molar-refractivity contribution < 1.29 is 52.0 Å². The lowest BCUT2D eigenvalue weighted by Crippen LogP contribution is -2.63. The minimum absolute atomic E-state index is 0.197. The van der Waals surface area contributed by atoms with Crippen molar-refractivity contribution in [1.29, 1.82) is 0 Å². The van der Waals surface area contributed by atoms with Crippen LogP contribution in [0, 0.1) is 0 Å². The van der Waals surface area contributed by atoms with E-state index >= 15 is 0 Å². The third-order valence-electron chi connectivity index (χ3n) is 6.40. The number of benzene rings is 1. The Morgan fingerprint density at radius 1 is 0.821 bits per heavy atom. The number of ether oxygens (including phenoxy) is 6. The molecule has 12 heteroatoms. The summed E-state index contributed by atoms with van der Waals surface area (Å²) in [5.74, 6) is -2.66. The summed E-state index contributed by atoms with van der Waals surface area (Å²) in [6, 6.07) is 4.92. The summed E-state index contributed by atoms with van der Waals surface area (Å²) in [6.45, 7) is 4.22. The number of esters is 4. The number of aryl methyl sites for hydroxylation is 1. The molecule has 39 heavy (non-hydrogen) atoms. The van der Waals surface area contributed by atoms with Crippen LogP contribution >= 0.6 is 0 Å². The molecular formula is C27H30O12. The van der Waals surface area contributed by atoms with Crippen LogP contribution in [0.25, 0.3) is 11.0 Å². The van der Waals surface area contributed by atoms with Gasteiger partial charge in [0.05, 0.1) is 0 Å². The van der Waals surface area contributed by atoms with Gasteiger partial charge in [0, 0.05) is 44.7 Å². The van der Waals surface area contributed by atoms with E-state index in [1.807, 2.05) is 0 Å². The lowest BCUT2D eigenvalue weighted by atomic mass is 9.91. The highest BCUT2D eigenvalue weighted by Gasteiger charge is 2.53. The number of carbonyl (C=O) groups excluding carboxylic acids is 4. The van der Waals surface area contributed by atoms with Crippen LogP contribution in [0.5, 0.6) is 5.75 Å². The first-order chi connectivity index (χ1) is 18.5. The molecule has 1 aliphatic heterocycles. The molecule has 0 bridgehead atoms. The van der Waals surface area contributed by atoms with Gasteiger partial charge in [0.25, 0.3) is 0 Å². The third-order valence-corrected chi connectivity index (χ3v) is 6.40. The molecule has 1 fully saturated rings. The van der Waals surface area contributed by atoms with Crippen molar-refractivity contribution in [2.45, 2.75) is 84.1 Å². The molecule has 5 atom stereocenters. The van der Waals surface area contributed by atoms with Crippen LogP contribution in [-0.2, 0) is 55.7 Å². The van der Waals surface area contributed by atoms with E-state index in [-0.39, 0.29) is 12.4 Å². The van der Waals surface area contributed by atoms with Gasteiger partial charge in [-0.2, -0.15) is 0 Å². The summed E-state index contributed by atoms with van der Waals surface area (Å²) >= 11 is 0. The molecule has 4 rings (SSSR count). The number of hydrogen-bond donors (Lipinski definition) is 0. The predicted molar refractivity (Wildman–Crippen MR) is 132 cm³/mol. The molecule has 1 aromatic heterocycles. The van der Waals surface area contributed by atoms with E-state index in [1.165, 1.54) is 13.0 Å². The molecule has 210 valence electrons. The van der Waals surface area contributed by atoms with Crippen molar-refractivity contribution in [2.75, 3.05) is 6.61 Å². The molecule has 1 saturated heterocycles. The van der Waals surface area contributed by atoms with Gasteiger partial charge in [0.2, 0.25) is 12.4 Å². The minimum Gasteiger partial charge on any atom is -0.463 e. The van der Waals surface area contributed by atoms with Crippen molar-refractivity contribution >= 4 is 34.8 Å². The highest BCUT2D eigenvalue weighted by Crippen LogP contribution is 2.33. The van der Waals surface area contributed by atoms with Gasteiger partial charge in [-0.05, 0) is 43.4 Å². The quantitative estimate of drug-likeness (QED) is 0.284. The molecule has 0 radical (unpaired) electrons. The largest absolute Gasteiger partial charge is 0.463 e. The first kappa shape index (κ1) is 28.1. The average Bonchev–Trinajstić information content (AvgIpc) is 2.85. The zero-order chi connectivity index (χ0) is 28.3. The molecular weight excluding hydrogens is 516 g/mol. The number of fused-ring (bicyclic) bond motifs is 3. The van der Waals surface area contributed by atoms with Crippen molar-refractivity contribution in [2.24, 2.45) is 0 Å². The fraction of sp³-hybridized carbons (Fsp3) is 0.519. The molecule has 1 aromatic carbocycles. The third kappa shape index (κ3) is 6.56. The number of hydrogen-bond acceptors (Lipinski definition) is 12. The van der Waals surface area contributed by atoms with Crippen LogP contribution in [0.3, 0.4) is 0 Å². The maximum absolute atomic E-state index is 12.6. The van der Waals surface area contributed by atoms with Gasteiger partial charge in [-0.3, -0.25) is 19.2 Å². The zero-order valence-electron chi connectivity index (χ0n) is 22.1. The van der Waals surface area contributed by atoms with Gasteiger partial charge >= 0.3 is 29.5 Å². The molecule has 2 heterocycles. The molecule has 0 unspecified atom stereocenters. The summed E-state index contributed by atoms with van der Waals surface area (Å²) < 4.78 is 38.8. The summed E-state index contributed by atoms with van der Waals surface area (Å²) in [7, 11) is 0. The fourth-order valence-corrected chi connectivity index (χ4v) is 4.92. The Morgan fingerprint density at radius 2 is 1.44 bits per heavy atom. The summed E-state index contributed by atoms with van der Waals surface area (Å²) in [5.41, 5.74) is 1.54. The fourth-order valence-electron chi connectivity index (χ4n) is 4.92. The van der Waals surface area contributed by atoms with Crippen LogP contribution in [0.2, 0.25) is 0 Å². The minimum atomic E-state index is -1.40. The van der Waals surface area contributed by atoms with Gasteiger partial charge in [-0.25, -0.2) is 4.79 Å². The van der Waals surface area contributed by atoms with E-state index in [2.05, 4.69) is 0 Å². The summed E-state index contributed by atoms with van der Waals surface area (Å²) in [4.78, 5) is 60.0.